The Morgan fingerprint density at radius 1 is 1.50 bits per heavy atom. The molecule has 1 atom stereocenters. The van der Waals surface area contributed by atoms with Crippen molar-refractivity contribution in [2.24, 2.45) is 10.8 Å². The molecule has 0 aromatic rings. The zero-order valence-electron chi connectivity index (χ0n) is 9.63. The molecule has 0 aromatic heterocycles. The van der Waals surface area contributed by atoms with Gasteiger partial charge in [-0.15, -0.1) is 0 Å². The van der Waals surface area contributed by atoms with E-state index in [-0.39, 0.29) is 10.8 Å². The Morgan fingerprint density at radius 3 is 2.36 bits per heavy atom. The van der Waals surface area contributed by atoms with E-state index in [1.807, 2.05) is 0 Å². The zero-order valence-corrected chi connectivity index (χ0v) is 9.63. The second-order valence-electron chi connectivity index (χ2n) is 5.59. The van der Waals surface area contributed by atoms with Crippen LogP contribution in [-0.4, -0.2) is 36.1 Å². The van der Waals surface area contributed by atoms with Gasteiger partial charge in [0.2, 0.25) is 0 Å². The maximum absolute atomic E-state index is 10.9. The van der Waals surface area contributed by atoms with E-state index in [0.29, 0.717) is 6.42 Å². The molecule has 1 heterocycles. The number of rotatable bonds is 2. The molecule has 0 aliphatic carbocycles. The average molecular weight is 199 g/mol. The van der Waals surface area contributed by atoms with Crippen molar-refractivity contribution in [3.05, 3.63) is 0 Å². The third kappa shape index (κ3) is 2.08. The quantitative estimate of drug-likeness (QED) is 0.737. The Bertz CT molecular complexity index is 232. The number of carboxylic acid groups (broad SMARTS) is 1. The highest BCUT2D eigenvalue weighted by Crippen LogP contribution is 2.48. The highest BCUT2D eigenvalue weighted by Gasteiger charge is 2.47. The zero-order chi connectivity index (χ0) is 11.0. The number of hydrogen-bond acceptors (Lipinski definition) is 2. The van der Waals surface area contributed by atoms with E-state index in [2.05, 4.69) is 32.7 Å². The maximum atomic E-state index is 10.9. The molecule has 82 valence electrons. The molecule has 0 spiro atoms. The minimum Gasteiger partial charge on any atom is -0.481 e. The predicted molar refractivity (Wildman–Crippen MR) is 56.3 cm³/mol. The van der Waals surface area contributed by atoms with Crippen LogP contribution in [0.5, 0.6) is 0 Å². The van der Waals surface area contributed by atoms with Gasteiger partial charge in [-0.25, -0.2) is 0 Å². The van der Waals surface area contributed by atoms with Gasteiger partial charge in [-0.05, 0) is 30.8 Å². The molecule has 0 amide bonds. The van der Waals surface area contributed by atoms with Crippen molar-refractivity contribution in [2.45, 2.75) is 33.6 Å². The Balaban J connectivity index is 2.86. The summed E-state index contributed by atoms with van der Waals surface area (Å²) in [5.41, 5.74) is 0.0176. The molecule has 3 nitrogen and oxygen atoms in total. The van der Waals surface area contributed by atoms with Crippen LogP contribution in [0.3, 0.4) is 0 Å². The Hall–Kier alpha value is -0.570. The van der Waals surface area contributed by atoms with Crippen LogP contribution in [0.15, 0.2) is 0 Å². The van der Waals surface area contributed by atoms with E-state index in [4.69, 9.17) is 5.11 Å². The summed E-state index contributed by atoms with van der Waals surface area (Å²) < 4.78 is 0. The molecule has 0 bridgehead atoms. The molecule has 1 fully saturated rings. The van der Waals surface area contributed by atoms with Gasteiger partial charge >= 0.3 is 5.97 Å². The second-order valence-corrected chi connectivity index (χ2v) is 5.59. The first-order valence-corrected chi connectivity index (χ1v) is 5.17. The lowest BCUT2D eigenvalue weighted by molar-refractivity contribution is -0.141. The number of aliphatic carboxylic acids is 1. The summed E-state index contributed by atoms with van der Waals surface area (Å²) in [6.07, 6.45) is 1.29. The first-order valence-electron chi connectivity index (χ1n) is 5.17. The van der Waals surface area contributed by atoms with Gasteiger partial charge in [0.25, 0.3) is 0 Å². The highest BCUT2D eigenvalue weighted by molar-refractivity contribution is 5.68. The molecule has 1 unspecified atom stereocenters. The minimum absolute atomic E-state index is 0.0480. The van der Waals surface area contributed by atoms with Crippen LogP contribution in [0, 0.1) is 10.8 Å². The number of likely N-dealkylation sites (tertiary alicyclic amines) is 1. The van der Waals surface area contributed by atoms with E-state index in [9.17, 15) is 4.79 Å². The second kappa shape index (κ2) is 3.54. The molecule has 0 radical (unpaired) electrons. The van der Waals surface area contributed by atoms with Crippen LogP contribution in [-0.2, 0) is 4.79 Å². The van der Waals surface area contributed by atoms with Gasteiger partial charge in [-0.1, -0.05) is 20.8 Å². The van der Waals surface area contributed by atoms with Crippen molar-refractivity contribution in [1.82, 2.24) is 4.90 Å². The first-order chi connectivity index (χ1) is 6.27. The fraction of sp³-hybridized carbons (Fsp3) is 0.909. The number of nitrogens with zero attached hydrogens (tertiary/aromatic N) is 1. The fourth-order valence-corrected chi connectivity index (χ4v) is 2.39. The summed E-state index contributed by atoms with van der Waals surface area (Å²) in [7, 11) is 2.06. The largest absolute Gasteiger partial charge is 0.481 e. The van der Waals surface area contributed by atoms with E-state index >= 15 is 0 Å². The van der Waals surface area contributed by atoms with Crippen molar-refractivity contribution in [3.63, 3.8) is 0 Å². The molecular weight excluding hydrogens is 178 g/mol. The third-order valence-electron chi connectivity index (χ3n) is 3.63. The molecule has 1 aliphatic rings. The number of hydrogen-bond donors (Lipinski definition) is 1. The van der Waals surface area contributed by atoms with E-state index < -0.39 is 5.97 Å². The Labute approximate surface area is 86.1 Å². The molecule has 3 heteroatoms. The van der Waals surface area contributed by atoms with Crippen LogP contribution in [0.2, 0.25) is 0 Å². The molecule has 1 N–H and O–H groups in total. The molecule has 1 aliphatic heterocycles. The van der Waals surface area contributed by atoms with Gasteiger partial charge < -0.3 is 10.0 Å². The van der Waals surface area contributed by atoms with Gasteiger partial charge in [0.1, 0.15) is 0 Å². The summed E-state index contributed by atoms with van der Waals surface area (Å²) in [6, 6.07) is 0. The van der Waals surface area contributed by atoms with Crippen molar-refractivity contribution < 1.29 is 9.90 Å². The predicted octanol–water partition coefficient (Wildman–Crippen LogP) is 1.83. The third-order valence-corrected chi connectivity index (χ3v) is 3.63. The van der Waals surface area contributed by atoms with Gasteiger partial charge in [0.15, 0.2) is 0 Å². The van der Waals surface area contributed by atoms with E-state index in [1.165, 1.54) is 0 Å². The normalized spacial score (nSPS) is 29.4. The van der Waals surface area contributed by atoms with Crippen LogP contribution < -0.4 is 0 Å². The van der Waals surface area contributed by atoms with Crippen LogP contribution >= 0.6 is 0 Å². The van der Waals surface area contributed by atoms with E-state index in [0.717, 1.165) is 19.5 Å². The van der Waals surface area contributed by atoms with Crippen LogP contribution in [0.25, 0.3) is 0 Å². The van der Waals surface area contributed by atoms with E-state index in [1.54, 1.807) is 0 Å². The molecule has 0 saturated carbocycles. The molecule has 0 aromatic carbocycles. The lowest BCUT2D eigenvalue weighted by Gasteiger charge is -2.40. The fourth-order valence-electron chi connectivity index (χ4n) is 2.39. The maximum Gasteiger partial charge on any atom is 0.303 e. The van der Waals surface area contributed by atoms with Crippen LogP contribution in [0.1, 0.15) is 33.6 Å². The molecule has 1 rings (SSSR count). The summed E-state index contributed by atoms with van der Waals surface area (Å²) in [5, 5.41) is 8.97. The van der Waals surface area contributed by atoms with Gasteiger partial charge in [0.05, 0.1) is 6.42 Å². The Kier molecular flexibility index (Phi) is 2.91. The summed E-state index contributed by atoms with van der Waals surface area (Å²) in [5.74, 6) is -0.671. The number of carbonyl (C=O) groups is 1. The number of carboxylic acids is 1. The lowest BCUT2D eigenvalue weighted by atomic mass is 9.64. The first kappa shape index (κ1) is 11.5. The topological polar surface area (TPSA) is 40.5 Å². The highest BCUT2D eigenvalue weighted by atomic mass is 16.4. The summed E-state index contributed by atoms with van der Waals surface area (Å²) in [4.78, 5) is 13.1. The van der Waals surface area contributed by atoms with Crippen molar-refractivity contribution in [1.29, 1.82) is 0 Å². The van der Waals surface area contributed by atoms with Crippen molar-refractivity contribution in [3.8, 4) is 0 Å². The smallest absolute Gasteiger partial charge is 0.303 e. The van der Waals surface area contributed by atoms with Gasteiger partial charge in [-0.3, -0.25) is 4.79 Å². The lowest BCUT2D eigenvalue weighted by Crippen LogP contribution is -2.39. The Morgan fingerprint density at radius 2 is 2.07 bits per heavy atom. The summed E-state index contributed by atoms with van der Waals surface area (Å²) in [6.45, 7) is 8.37. The molecule has 14 heavy (non-hydrogen) atoms. The summed E-state index contributed by atoms with van der Waals surface area (Å²) >= 11 is 0. The minimum atomic E-state index is -0.671. The van der Waals surface area contributed by atoms with Gasteiger partial charge in [0, 0.05) is 6.54 Å². The average Bonchev–Trinajstić information content (AvgIpc) is 2.29. The van der Waals surface area contributed by atoms with Crippen molar-refractivity contribution >= 4 is 5.97 Å². The SMILES string of the molecule is CN1CCC(CC(=O)O)(C(C)(C)C)C1. The van der Waals surface area contributed by atoms with Gasteiger partial charge in [-0.2, -0.15) is 0 Å². The van der Waals surface area contributed by atoms with Crippen LogP contribution in [0.4, 0.5) is 0 Å². The van der Waals surface area contributed by atoms with Crippen molar-refractivity contribution in [2.75, 3.05) is 20.1 Å². The monoisotopic (exact) mass is 199 g/mol. The standard InChI is InChI=1S/C11H21NO2/c1-10(2,3)11(7-9(13)14)5-6-12(4)8-11/h5-8H2,1-4H3,(H,13,14). The molecular formula is C11H21NO2. The molecule has 1 saturated heterocycles.